The van der Waals surface area contributed by atoms with E-state index >= 15 is 0 Å². The van der Waals surface area contributed by atoms with Crippen molar-refractivity contribution in [2.45, 2.75) is 77.4 Å². The Morgan fingerprint density at radius 2 is 2.00 bits per heavy atom. The zero-order chi connectivity index (χ0) is 11.6. The van der Waals surface area contributed by atoms with E-state index in [0.29, 0.717) is 12.1 Å². The highest BCUT2D eigenvalue weighted by Crippen LogP contribution is 2.20. The van der Waals surface area contributed by atoms with E-state index in [0.717, 1.165) is 13.2 Å². The van der Waals surface area contributed by atoms with Crippen molar-refractivity contribution in [2.24, 2.45) is 0 Å². The minimum Gasteiger partial charge on any atom is -0.378 e. The van der Waals surface area contributed by atoms with E-state index < -0.39 is 0 Å². The van der Waals surface area contributed by atoms with E-state index in [1.807, 2.05) is 0 Å². The second-order valence-electron chi connectivity index (χ2n) is 5.13. The fraction of sp³-hybridized carbons (Fsp3) is 1.00. The summed E-state index contributed by atoms with van der Waals surface area (Å²) in [5, 5.41) is 3.52. The Bertz CT molecular complexity index is 155. The molecular weight excluding hydrogens is 198 g/mol. The molecule has 96 valence electrons. The standard InChI is InChI=1S/C14H29NO/c1-3-11-15-13(2)8-7-12-16-14-9-5-4-6-10-14/h13-15H,3-12H2,1-2H3. The van der Waals surface area contributed by atoms with Gasteiger partial charge in [0.1, 0.15) is 0 Å². The van der Waals surface area contributed by atoms with Gasteiger partial charge in [-0.2, -0.15) is 0 Å². The summed E-state index contributed by atoms with van der Waals surface area (Å²) in [7, 11) is 0. The Morgan fingerprint density at radius 1 is 1.25 bits per heavy atom. The van der Waals surface area contributed by atoms with Gasteiger partial charge in [0.05, 0.1) is 6.10 Å². The maximum Gasteiger partial charge on any atom is 0.0575 e. The molecule has 1 saturated carbocycles. The average molecular weight is 227 g/mol. The van der Waals surface area contributed by atoms with Crippen LogP contribution in [0.2, 0.25) is 0 Å². The van der Waals surface area contributed by atoms with E-state index in [4.69, 9.17) is 4.74 Å². The predicted octanol–water partition coefficient (Wildman–Crippen LogP) is 3.50. The molecular formula is C14H29NO. The highest BCUT2D eigenvalue weighted by Gasteiger charge is 2.13. The van der Waals surface area contributed by atoms with Crippen molar-refractivity contribution in [3.63, 3.8) is 0 Å². The molecule has 0 aromatic carbocycles. The molecule has 0 saturated heterocycles. The summed E-state index contributed by atoms with van der Waals surface area (Å²) >= 11 is 0. The van der Waals surface area contributed by atoms with Crippen LogP contribution in [0.4, 0.5) is 0 Å². The SMILES string of the molecule is CCCNC(C)CCCOC1CCCCC1. The molecule has 1 aliphatic rings. The van der Waals surface area contributed by atoms with Crippen LogP contribution in [-0.4, -0.2) is 25.3 Å². The van der Waals surface area contributed by atoms with Crippen LogP contribution in [0.1, 0.15) is 65.2 Å². The summed E-state index contributed by atoms with van der Waals surface area (Å²) in [5.74, 6) is 0. The molecule has 0 aliphatic heterocycles. The fourth-order valence-corrected chi connectivity index (χ4v) is 2.36. The minimum atomic E-state index is 0.577. The van der Waals surface area contributed by atoms with Crippen molar-refractivity contribution in [1.82, 2.24) is 5.32 Å². The lowest BCUT2D eigenvalue weighted by molar-refractivity contribution is 0.0257. The largest absolute Gasteiger partial charge is 0.378 e. The van der Waals surface area contributed by atoms with Gasteiger partial charge >= 0.3 is 0 Å². The molecule has 16 heavy (non-hydrogen) atoms. The van der Waals surface area contributed by atoms with Crippen molar-refractivity contribution in [2.75, 3.05) is 13.2 Å². The summed E-state index contributed by atoms with van der Waals surface area (Å²) in [5.41, 5.74) is 0. The Morgan fingerprint density at radius 3 is 2.69 bits per heavy atom. The second kappa shape index (κ2) is 9.00. The molecule has 0 amide bonds. The lowest BCUT2D eigenvalue weighted by Crippen LogP contribution is -2.27. The van der Waals surface area contributed by atoms with Crippen LogP contribution < -0.4 is 5.32 Å². The Labute approximate surface area is 101 Å². The smallest absolute Gasteiger partial charge is 0.0575 e. The molecule has 0 heterocycles. The molecule has 1 unspecified atom stereocenters. The topological polar surface area (TPSA) is 21.3 Å². The highest BCUT2D eigenvalue weighted by molar-refractivity contribution is 4.65. The maximum atomic E-state index is 5.91. The summed E-state index contributed by atoms with van der Waals surface area (Å²) in [4.78, 5) is 0. The molecule has 1 N–H and O–H groups in total. The van der Waals surface area contributed by atoms with Crippen LogP contribution in [0, 0.1) is 0 Å². The van der Waals surface area contributed by atoms with Crippen molar-refractivity contribution in [3.8, 4) is 0 Å². The maximum absolute atomic E-state index is 5.91. The van der Waals surface area contributed by atoms with Gasteiger partial charge in [-0.1, -0.05) is 26.2 Å². The molecule has 2 heteroatoms. The van der Waals surface area contributed by atoms with E-state index in [-0.39, 0.29) is 0 Å². The van der Waals surface area contributed by atoms with Crippen molar-refractivity contribution >= 4 is 0 Å². The minimum absolute atomic E-state index is 0.577. The molecule has 1 aliphatic carbocycles. The van der Waals surface area contributed by atoms with Crippen LogP contribution in [-0.2, 0) is 4.74 Å². The van der Waals surface area contributed by atoms with Gasteiger partial charge < -0.3 is 10.1 Å². The molecule has 2 nitrogen and oxygen atoms in total. The van der Waals surface area contributed by atoms with Crippen molar-refractivity contribution < 1.29 is 4.74 Å². The first-order valence-corrected chi connectivity index (χ1v) is 7.18. The van der Waals surface area contributed by atoms with Gasteiger partial charge in [-0.25, -0.2) is 0 Å². The number of nitrogens with one attached hydrogen (secondary N) is 1. The molecule has 0 bridgehead atoms. The van der Waals surface area contributed by atoms with Gasteiger partial charge in [0.15, 0.2) is 0 Å². The number of ether oxygens (including phenoxy) is 1. The zero-order valence-corrected chi connectivity index (χ0v) is 11.1. The van der Waals surface area contributed by atoms with Crippen LogP contribution >= 0.6 is 0 Å². The van der Waals surface area contributed by atoms with Crippen molar-refractivity contribution in [1.29, 1.82) is 0 Å². The Hall–Kier alpha value is -0.0800. The van der Waals surface area contributed by atoms with E-state index in [2.05, 4.69) is 19.2 Å². The predicted molar refractivity (Wildman–Crippen MR) is 69.8 cm³/mol. The Kier molecular flexibility index (Phi) is 7.87. The lowest BCUT2D eigenvalue weighted by atomic mass is 9.98. The van der Waals surface area contributed by atoms with Crippen LogP contribution in [0.25, 0.3) is 0 Å². The molecule has 1 atom stereocenters. The number of rotatable bonds is 8. The first-order valence-electron chi connectivity index (χ1n) is 7.18. The van der Waals surface area contributed by atoms with Gasteiger partial charge in [-0.3, -0.25) is 0 Å². The fourth-order valence-electron chi connectivity index (χ4n) is 2.36. The van der Waals surface area contributed by atoms with Gasteiger partial charge in [-0.05, 0) is 45.6 Å². The quantitative estimate of drug-likeness (QED) is 0.641. The third-order valence-electron chi connectivity index (χ3n) is 3.43. The summed E-state index contributed by atoms with van der Waals surface area (Å²) in [6.45, 7) is 6.59. The summed E-state index contributed by atoms with van der Waals surface area (Å²) in [6, 6.07) is 0.648. The lowest BCUT2D eigenvalue weighted by Gasteiger charge is -2.22. The monoisotopic (exact) mass is 227 g/mol. The molecule has 0 aromatic heterocycles. The van der Waals surface area contributed by atoms with Crippen LogP contribution in [0.5, 0.6) is 0 Å². The van der Waals surface area contributed by atoms with Crippen LogP contribution in [0.15, 0.2) is 0 Å². The zero-order valence-electron chi connectivity index (χ0n) is 11.1. The first kappa shape index (κ1) is 14.0. The molecule has 1 rings (SSSR count). The molecule has 1 fully saturated rings. The van der Waals surface area contributed by atoms with E-state index in [1.165, 1.54) is 51.4 Å². The van der Waals surface area contributed by atoms with E-state index in [9.17, 15) is 0 Å². The van der Waals surface area contributed by atoms with E-state index in [1.54, 1.807) is 0 Å². The van der Waals surface area contributed by atoms with Crippen LogP contribution in [0.3, 0.4) is 0 Å². The van der Waals surface area contributed by atoms with Gasteiger partial charge in [-0.15, -0.1) is 0 Å². The van der Waals surface area contributed by atoms with Crippen molar-refractivity contribution in [3.05, 3.63) is 0 Å². The third kappa shape index (κ3) is 6.49. The molecule has 0 spiro atoms. The first-order chi connectivity index (χ1) is 7.83. The second-order valence-corrected chi connectivity index (χ2v) is 5.13. The van der Waals surface area contributed by atoms with Gasteiger partial charge in [0, 0.05) is 12.6 Å². The van der Waals surface area contributed by atoms with Gasteiger partial charge in [0.2, 0.25) is 0 Å². The number of hydrogen-bond donors (Lipinski definition) is 1. The number of hydrogen-bond acceptors (Lipinski definition) is 2. The molecule has 0 radical (unpaired) electrons. The average Bonchev–Trinajstić information content (AvgIpc) is 2.33. The summed E-state index contributed by atoms with van der Waals surface area (Å²) in [6.07, 6.45) is 11.0. The summed E-state index contributed by atoms with van der Waals surface area (Å²) < 4.78 is 5.91. The highest BCUT2D eigenvalue weighted by atomic mass is 16.5. The van der Waals surface area contributed by atoms with Gasteiger partial charge in [0.25, 0.3) is 0 Å². The third-order valence-corrected chi connectivity index (χ3v) is 3.43. The normalized spacial score (nSPS) is 19.9. The Balaban J connectivity index is 1.90. The molecule has 0 aromatic rings.